The summed E-state index contributed by atoms with van der Waals surface area (Å²) in [4.78, 5) is 0. The summed E-state index contributed by atoms with van der Waals surface area (Å²) in [6.45, 7) is 0.855. The predicted octanol–water partition coefficient (Wildman–Crippen LogP) is 3.12. The van der Waals surface area contributed by atoms with E-state index in [1.165, 1.54) is 0 Å². The van der Waals surface area contributed by atoms with Crippen LogP contribution >= 0.6 is 22.6 Å². The van der Waals surface area contributed by atoms with Crippen molar-refractivity contribution in [2.75, 3.05) is 17.6 Å². The Morgan fingerprint density at radius 2 is 2.19 bits per heavy atom. The number of anilines is 2. The molecule has 1 aromatic heterocycles. The summed E-state index contributed by atoms with van der Waals surface area (Å²) in [5, 5.41) is 3.36. The van der Waals surface area contributed by atoms with Crippen molar-refractivity contribution < 1.29 is 4.42 Å². The number of rotatable bonds is 4. The predicted molar refractivity (Wildman–Crippen MR) is 74.5 cm³/mol. The monoisotopic (exact) mass is 328 g/mol. The Balaban J connectivity index is 1.90. The van der Waals surface area contributed by atoms with Crippen molar-refractivity contribution in [1.29, 1.82) is 0 Å². The molecule has 0 spiro atoms. The zero-order valence-corrected chi connectivity index (χ0v) is 10.9. The van der Waals surface area contributed by atoms with Gasteiger partial charge in [0.25, 0.3) is 0 Å². The molecule has 0 bridgehead atoms. The summed E-state index contributed by atoms with van der Waals surface area (Å²) in [6.07, 6.45) is 2.58. The second-order valence-corrected chi connectivity index (χ2v) is 4.66. The molecule has 0 saturated heterocycles. The second kappa shape index (κ2) is 5.25. The van der Waals surface area contributed by atoms with Crippen LogP contribution in [0.5, 0.6) is 0 Å². The van der Waals surface area contributed by atoms with Gasteiger partial charge in [-0.15, -0.1) is 0 Å². The van der Waals surface area contributed by atoms with Crippen LogP contribution in [0.25, 0.3) is 0 Å². The van der Waals surface area contributed by atoms with Crippen molar-refractivity contribution in [1.82, 2.24) is 0 Å². The molecule has 3 N–H and O–H groups in total. The summed E-state index contributed by atoms with van der Waals surface area (Å²) in [5.41, 5.74) is 7.59. The SMILES string of the molecule is Nc1ccc(NCCc2ccco2)c(I)c1. The van der Waals surface area contributed by atoms with E-state index in [0.717, 1.165) is 33.7 Å². The highest BCUT2D eigenvalue weighted by Gasteiger charge is 2.00. The highest BCUT2D eigenvalue weighted by Crippen LogP contribution is 2.20. The average Bonchev–Trinajstić information content (AvgIpc) is 2.74. The maximum Gasteiger partial charge on any atom is 0.105 e. The highest BCUT2D eigenvalue weighted by molar-refractivity contribution is 14.1. The van der Waals surface area contributed by atoms with Crippen LogP contribution < -0.4 is 11.1 Å². The standard InChI is InChI=1S/C12H13IN2O/c13-11-8-9(14)3-4-12(11)15-6-5-10-2-1-7-16-10/h1-4,7-8,15H,5-6,14H2. The van der Waals surface area contributed by atoms with Gasteiger partial charge in [-0.3, -0.25) is 0 Å². The molecule has 0 saturated carbocycles. The Morgan fingerprint density at radius 3 is 2.88 bits per heavy atom. The van der Waals surface area contributed by atoms with Crippen molar-refractivity contribution in [3.8, 4) is 0 Å². The van der Waals surface area contributed by atoms with Crippen LogP contribution in [0, 0.1) is 3.57 Å². The van der Waals surface area contributed by atoms with E-state index in [1.807, 2.05) is 30.3 Å². The normalized spacial score (nSPS) is 10.3. The van der Waals surface area contributed by atoms with E-state index in [-0.39, 0.29) is 0 Å². The van der Waals surface area contributed by atoms with E-state index in [1.54, 1.807) is 6.26 Å². The quantitative estimate of drug-likeness (QED) is 0.670. The fourth-order valence-electron chi connectivity index (χ4n) is 1.45. The zero-order valence-electron chi connectivity index (χ0n) is 8.74. The Bertz CT molecular complexity index is 454. The Hall–Kier alpha value is -1.17. The van der Waals surface area contributed by atoms with Crippen molar-refractivity contribution >= 4 is 34.0 Å². The summed E-state index contributed by atoms with van der Waals surface area (Å²) in [7, 11) is 0. The molecule has 1 heterocycles. The fourth-order valence-corrected chi connectivity index (χ4v) is 2.18. The van der Waals surface area contributed by atoms with Crippen LogP contribution in [0.3, 0.4) is 0 Å². The lowest BCUT2D eigenvalue weighted by atomic mass is 10.2. The van der Waals surface area contributed by atoms with Gasteiger partial charge >= 0.3 is 0 Å². The largest absolute Gasteiger partial charge is 0.469 e. The highest BCUT2D eigenvalue weighted by atomic mass is 127. The first-order valence-electron chi connectivity index (χ1n) is 5.07. The van der Waals surface area contributed by atoms with Crippen LogP contribution in [0.2, 0.25) is 0 Å². The molecule has 2 aromatic rings. The molecule has 16 heavy (non-hydrogen) atoms. The Labute approximate surface area is 108 Å². The Kier molecular flexibility index (Phi) is 3.71. The number of hydrogen-bond donors (Lipinski definition) is 2. The van der Waals surface area contributed by atoms with E-state index in [0.29, 0.717) is 0 Å². The third kappa shape index (κ3) is 2.91. The molecule has 0 unspecified atom stereocenters. The maximum absolute atomic E-state index is 5.69. The van der Waals surface area contributed by atoms with Gasteiger partial charge in [0.15, 0.2) is 0 Å². The van der Waals surface area contributed by atoms with Gasteiger partial charge in [0.05, 0.1) is 6.26 Å². The summed E-state index contributed by atoms with van der Waals surface area (Å²) >= 11 is 2.27. The molecule has 3 nitrogen and oxygen atoms in total. The number of nitrogen functional groups attached to an aromatic ring is 1. The molecule has 84 valence electrons. The fraction of sp³-hybridized carbons (Fsp3) is 0.167. The molecule has 0 amide bonds. The van der Waals surface area contributed by atoms with Gasteiger partial charge in [0.1, 0.15) is 5.76 Å². The maximum atomic E-state index is 5.69. The third-order valence-electron chi connectivity index (χ3n) is 2.26. The first-order chi connectivity index (χ1) is 7.75. The lowest BCUT2D eigenvalue weighted by molar-refractivity contribution is 0.513. The molecule has 0 atom stereocenters. The molecule has 2 rings (SSSR count). The molecule has 4 heteroatoms. The van der Waals surface area contributed by atoms with Crippen LogP contribution in [0.15, 0.2) is 41.0 Å². The number of hydrogen-bond acceptors (Lipinski definition) is 3. The number of benzene rings is 1. The van der Waals surface area contributed by atoms with Crippen molar-refractivity contribution in [3.63, 3.8) is 0 Å². The third-order valence-corrected chi connectivity index (χ3v) is 3.15. The van der Waals surface area contributed by atoms with E-state index < -0.39 is 0 Å². The minimum Gasteiger partial charge on any atom is -0.469 e. The molecule has 0 aliphatic carbocycles. The van der Waals surface area contributed by atoms with Gasteiger partial charge in [0.2, 0.25) is 0 Å². The number of halogens is 1. The first kappa shape index (κ1) is 11.3. The Morgan fingerprint density at radius 1 is 1.31 bits per heavy atom. The van der Waals surface area contributed by atoms with Gasteiger partial charge in [-0.2, -0.15) is 0 Å². The van der Waals surface area contributed by atoms with E-state index >= 15 is 0 Å². The molecule has 1 aromatic carbocycles. The number of furan rings is 1. The van der Waals surface area contributed by atoms with Crippen molar-refractivity contribution in [3.05, 3.63) is 45.9 Å². The van der Waals surface area contributed by atoms with Crippen LogP contribution in [-0.4, -0.2) is 6.54 Å². The van der Waals surface area contributed by atoms with Crippen LogP contribution in [0.4, 0.5) is 11.4 Å². The van der Waals surface area contributed by atoms with Crippen LogP contribution in [0.1, 0.15) is 5.76 Å². The lowest BCUT2D eigenvalue weighted by Gasteiger charge is -2.08. The molecular formula is C12H13IN2O. The topological polar surface area (TPSA) is 51.2 Å². The molecule has 0 fully saturated rings. The van der Waals surface area contributed by atoms with E-state index in [4.69, 9.17) is 10.2 Å². The van der Waals surface area contributed by atoms with Gasteiger partial charge in [-0.05, 0) is 52.9 Å². The first-order valence-corrected chi connectivity index (χ1v) is 6.15. The van der Waals surface area contributed by atoms with Gasteiger partial charge < -0.3 is 15.5 Å². The molecule has 0 radical (unpaired) electrons. The van der Waals surface area contributed by atoms with E-state index in [9.17, 15) is 0 Å². The smallest absolute Gasteiger partial charge is 0.105 e. The van der Waals surface area contributed by atoms with Gasteiger partial charge in [-0.25, -0.2) is 0 Å². The van der Waals surface area contributed by atoms with Crippen LogP contribution in [-0.2, 0) is 6.42 Å². The molecular weight excluding hydrogens is 315 g/mol. The summed E-state index contributed by atoms with van der Waals surface area (Å²) < 4.78 is 6.40. The van der Waals surface area contributed by atoms with Crippen molar-refractivity contribution in [2.24, 2.45) is 0 Å². The number of nitrogens with two attached hydrogens (primary N) is 1. The average molecular weight is 328 g/mol. The minimum absolute atomic E-state index is 0.793. The van der Waals surface area contributed by atoms with Gasteiger partial charge in [0, 0.05) is 27.9 Å². The summed E-state index contributed by atoms with van der Waals surface area (Å²) in [6, 6.07) is 9.74. The summed E-state index contributed by atoms with van der Waals surface area (Å²) in [5.74, 6) is 0.998. The lowest BCUT2D eigenvalue weighted by Crippen LogP contribution is -2.05. The second-order valence-electron chi connectivity index (χ2n) is 3.50. The van der Waals surface area contributed by atoms with Gasteiger partial charge in [-0.1, -0.05) is 0 Å². The van der Waals surface area contributed by atoms with Crippen molar-refractivity contribution in [2.45, 2.75) is 6.42 Å². The minimum atomic E-state index is 0.793. The number of nitrogens with one attached hydrogen (secondary N) is 1. The zero-order chi connectivity index (χ0) is 11.4. The molecule has 0 aliphatic rings. The van der Waals surface area contributed by atoms with E-state index in [2.05, 4.69) is 27.9 Å². The molecule has 0 aliphatic heterocycles.